The van der Waals surface area contributed by atoms with Crippen LogP contribution in [-0.4, -0.2) is 24.7 Å². The van der Waals surface area contributed by atoms with E-state index in [2.05, 4.69) is 29.9 Å². The molecule has 114 valence electrons. The lowest BCUT2D eigenvalue weighted by Gasteiger charge is -2.18. The molecule has 1 heterocycles. The van der Waals surface area contributed by atoms with Crippen LogP contribution in [0.2, 0.25) is 0 Å². The Bertz CT molecular complexity index is 529. The summed E-state index contributed by atoms with van der Waals surface area (Å²) in [5, 5.41) is 3.22. The van der Waals surface area contributed by atoms with Crippen LogP contribution in [-0.2, 0) is 11.2 Å². The maximum atomic E-state index is 5.67. The molecule has 0 aliphatic heterocycles. The zero-order valence-corrected chi connectivity index (χ0v) is 13.4. The van der Waals surface area contributed by atoms with Crippen LogP contribution in [0.4, 0.5) is 0 Å². The van der Waals surface area contributed by atoms with E-state index in [0.29, 0.717) is 5.92 Å². The molecule has 0 bridgehead atoms. The van der Waals surface area contributed by atoms with Crippen molar-refractivity contribution in [2.75, 3.05) is 13.7 Å². The molecule has 0 saturated heterocycles. The molecule has 1 aromatic carbocycles. The van der Waals surface area contributed by atoms with Gasteiger partial charge in [-0.2, -0.15) is 0 Å². The third kappa shape index (κ3) is 4.89. The number of methoxy groups -OCH3 is 1. The first-order chi connectivity index (χ1) is 10.2. The topological polar surface area (TPSA) is 60.2 Å². The van der Waals surface area contributed by atoms with Crippen LogP contribution in [0.3, 0.4) is 0 Å². The number of hydrazine groups is 1. The normalized spacial score (nSPS) is 14.0. The number of ether oxygens (including phenoxy) is 1. The van der Waals surface area contributed by atoms with E-state index in [9.17, 15) is 0 Å². The van der Waals surface area contributed by atoms with E-state index in [4.69, 9.17) is 15.6 Å². The van der Waals surface area contributed by atoms with Crippen LogP contribution < -0.4 is 11.3 Å². The number of nitrogens with one attached hydrogen (secondary N) is 1. The van der Waals surface area contributed by atoms with Crippen molar-refractivity contribution in [1.29, 1.82) is 0 Å². The first kappa shape index (κ1) is 16.1. The molecule has 0 saturated carbocycles. The summed E-state index contributed by atoms with van der Waals surface area (Å²) in [5.74, 6) is 6.15. The summed E-state index contributed by atoms with van der Waals surface area (Å²) in [7, 11) is 1.73. The number of benzene rings is 1. The van der Waals surface area contributed by atoms with Gasteiger partial charge < -0.3 is 4.74 Å². The summed E-state index contributed by atoms with van der Waals surface area (Å²) in [6.45, 7) is 2.93. The zero-order chi connectivity index (χ0) is 15.1. The summed E-state index contributed by atoms with van der Waals surface area (Å²) in [6.07, 6.45) is 1.83. The molecule has 0 fully saturated rings. The lowest BCUT2D eigenvalue weighted by Crippen LogP contribution is -2.38. The first-order valence-electron chi connectivity index (χ1n) is 7.17. The van der Waals surface area contributed by atoms with Crippen molar-refractivity contribution >= 4 is 11.3 Å². The highest BCUT2D eigenvalue weighted by Gasteiger charge is 2.15. The van der Waals surface area contributed by atoms with Gasteiger partial charge in [-0.25, -0.2) is 4.98 Å². The second kappa shape index (κ2) is 8.24. The molecule has 2 aromatic rings. The summed E-state index contributed by atoms with van der Waals surface area (Å²) in [4.78, 5) is 4.71. The molecule has 0 radical (unpaired) electrons. The van der Waals surface area contributed by atoms with Gasteiger partial charge in [0.25, 0.3) is 0 Å². The van der Waals surface area contributed by atoms with Gasteiger partial charge in [0.2, 0.25) is 0 Å². The molecule has 2 atom stereocenters. The molecular weight excluding hydrogens is 282 g/mol. The van der Waals surface area contributed by atoms with Crippen molar-refractivity contribution in [2.45, 2.75) is 25.8 Å². The van der Waals surface area contributed by atoms with Gasteiger partial charge in [-0.1, -0.05) is 37.3 Å². The fraction of sp³-hybridized carbons (Fsp3) is 0.438. The number of hydrogen-bond donors (Lipinski definition) is 2. The van der Waals surface area contributed by atoms with E-state index in [-0.39, 0.29) is 6.04 Å². The number of rotatable bonds is 8. The van der Waals surface area contributed by atoms with Crippen LogP contribution in [0.1, 0.15) is 18.4 Å². The lowest BCUT2D eigenvalue weighted by atomic mass is 10.0. The molecule has 0 aliphatic rings. The molecule has 0 aliphatic carbocycles. The van der Waals surface area contributed by atoms with Crippen molar-refractivity contribution in [3.05, 3.63) is 40.7 Å². The minimum absolute atomic E-state index is 0.227. The highest BCUT2D eigenvalue weighted by molar-refractivity contribution is 7.09. The van der Waals surface area contributed by atoms with Crippen LogP contribution in [0.25, 0.3) is 11.3 Å². The number of nitrogens with two attached hydrogens (primary N) is 1. The fourth-order valence-electron chi connectivity index (χ4n) is 2.41. The van der Waals surface area contributed by atoms with Crippen molar-refractivity contribution < 1.29 is 4.74 Å². The monoisotopic (exact) mass is 305 g/mol. The highest BCUT2D eigenvalue weighted by Crippen LogP contribution is 2.23. The molecule has 2 rings (SSSR count). The Hall–Kier alpha value is -1.27. The van der Waals surface area contributed by atoms with Gasteiger partial charge in [0.1, 0.15) is 0 Å². The zero-order valence-electron chi connectivity index (χ0n) is 12.6. The van der Waals surface area contributed by atoms with Gasteiger partial charge in [-0.3, -0.25) is 11.3 Å². The molecule has 0 amide bonds. The fourth-order valence-corrected chi connectivity index (χ4v) is 3.29. The van der Waals surface area contributed by atoms with E-state index in [1.165, 1.54) is 0 Å². The van der Waals surface area contributed by atoms with Crippen LogP contribution >= 0.6 is 11.3 Å². The molecule has 1 aromatic heterocycles. The van der Waals surface area contributed by atoms with E-state index < -0.39 is 0 Å². The lowest BCUT2D eigenvalue weighted by molar-refractivity contribution is 0.149. The Balaban J connectivity index is 1.97. The Morgan fingerprint density at radius 3 is 2.76 bits per heavy atom. The molecule has 0 spiro atoms. The molecule has 21 heavy (non-hydrogen) atoms. The van der Waals surface area contributed by atoms with Crippen LogP contribution in [0, 0.1) is 5.92 Å². The van der Waals surface area contributed by atoms with Crippen LogP contribution in [0.15, 0.2) is 35.7 Å². The van der Waals surface area contributed by atoms with E-state index in [0.717, 1.165) is 35.7 Å². The summed E-state index contributed by atoms with van der Waals surface area (Å²) in [6, 6.07) is 10.5. The Morgan fingerprint density at radius 2 is 2.10 bits per heavy atom. The van der Waals surface area contributed by atoms with Gasteiger partial charge in [-0.05, 0) is 12.3 Å². The average Bonchev–Trinajstić information content (AvgIpc) is 2.96. The van der Waals surface area contributed by atoms with Crippen molar-refractivity contribution in [1.82, 2.24) is 10.4 Å². The van der Waals surface area contributed by atoms with Crippen molar-refractivity contribution in [3.63, 3.8) is 0 Å². The van der Waals surface area contributed by atoms with Gasteiger partial charge in [0.15, 0.2) is 0 Å². The Morgan fingerprint density at radius 1 is 1.33 bits per heavy atom. The quantitative estimate of drug-likeness (QED) is 0.581. The van der Waals surface area contributed by atoms with Crippen LogP contribution in [0.5, 0.6) is 0 Å². The molecule has 5 heteroatoms. The molecule has 3 N–H and O–H groups in total. The molecular formula is C16H23N3OS. The Kier molecular flexibility index (Phi) is 6.32. The van der Waals surface area contributed by atoms with Gasteiger partial charge in [0, 0.05) is 37.1 Å². The van der Waals surface area contributed by atoms with E-state index in [1.54, 1.807) is 18.4 Å². The second-order valence-corrected chi connectivity index (χ2v) is 6.30. The molecule has 2 unspecified atom stereocenters. The predicted octanol–water partition coefficient (Wildman–Crippen LogP) is 2.86. The standard InChI is InChI=1S/C16H23N3OS/c1-12(10-20-2)8-14(19-17)9-16-18-15(11-21-16)13-6-4-3-5-7-13/h3-7,11-12,14,19H,8-10,17H2,1-2H3. The van der Waals surface area contributed by atoms with Gasteiger partial charge in [0.05, 0.1) is 10.7 Å². The Labute approximate surface area is 130 Å². The first-order valence-corrected chi connectivity index (χ1v) is 8.05. The maximum absolute atomic E-state index is 5.67. The van der Waals surface area contributed by atoms with E-state index >= 15 is 0 Å². The minimum atomic E-state index is 0.227. The van der Waals surface area contributed by atoms with Crippen molar-refractivity contribution in [3.8, 4) is 11.3 Å². The third-order valence-corrected chi connectivity index (χ3v) is 4.29. The number of aromatic nitrogens is 1. The van der Waals surface area contributed by atoms with E-state index in [1.807, 2.05) is 18.2 Å². The third-order valence-electron chi connectivity index (χ3n) is 3.42. The van der Waals surface area contributed by atoms with Gasteiger partial charge >= 0.3 is 0 Å². The predicted molar refractivity (Wildman–Crippen MR) is 88.0 cm³/mol. The summed E-state index contributed by atoms with van der Waals surface area (Å²) in [5.41, 5.74) is 5.10. The SMILES string of the molecule is COCC(C)CC(Cc1nc(-c2ccccc2)cs1)NN. The number of hydrogen-bond acceptors (Lipinski definition) is 5. The number of nitrogens with zero attached hydrogens (tertiary/aromatic N) is 1. The number of thiazole rings is 1. The van der Waals surface area contributed by atoms with Gasteiger partial charge in [-0.15, -0.1) is 11.3 Å². The average molecular weight is 305 g/mol. The smallest absolute Gasteiger partial charge is 0.0948 e. The molecule has 4 nitrogen and oxygen atoms in total. The minimum Gasteiger partial charge on any atom is -0.384 e. The maximum Gasteiger partial charge on any atom is 0.0948 e. The second-order valence-electron chi connectivity index (χ2n) is 5.36. The largest absolute Gasteiger partial charge is 0.384 e. The summed E-state index contributed by atoms with van der Waals surface area (Å²) >= 11 is 1.69. The highest BCUT2D eigenvalue weighted by atomic mass is 32.1. The summed E-state index contributed by atoms with van der Waals surface area (Å²) < 4.78 is 5.18. The van der Waals surface area contributed by atoms with Crippen molar-refractivity contribution in [2.24, 2.45) is 11.8 Å².